The molecule has 7 heteroatoms. The van der Waals surface area contributed by atoms with Crippen LogP contribution in [0.3, 0.4) is 0 Å². The number of nitrogens with zero attached hydrogens (tertiary/aromatic N) is 3. The monoisotopic (exact) mass is 455 g/mol. The SMILES string of the molecule is COc1ccc(-c2ccc(N3CCCC(C(=O)NCCc4c[nH]c5ccccc45)C3)nn2)cc1. The molecule has 174 valence electrons. The molecule has 2 aromatic carbocycles. The molecular weight excluding hydrogens is 426 g/mol. The summed E-state index contributed by atoms with van der Waals surface area (Å²) >= 11 is 0. The van der Waals surface area contributed by atoms with E-state index in [0.717, 1.165) is 54.1 Å². The number of piperidine rings is 1. The van der Waals surface area contributed by atoms with E-state index >= 15 is 0 Å². The third kappa shape index (κ3) is 4.73. The minimum absolute atomic E-state index is 0.0419. The predicted molar refractivity (Wildman–Crippen MR) is 134 cm³/mol. The first kappa shape index (κ1) is 21.9. The van der Waals surface area contributed by atoms with Gasteiger partial charge in [-0.3, -0.25) is 4.79 Å². The van der Waals surface area contributed by atoms with Crippen molar-refractivity contribution < 1.29 is 9.53 Å². The second kappa shape index (κ2) is 9.95. The van der Waals surface area contributed by atoms with Crippen LogP contribution in [-0.4, -0.2) is 47.8 Å². The minimum atomic E-state index is -0.0419. The zero-order valence-electron chi connectivity index (χ0n) is 19.3. The van der Waals surface area contributed by atoms with Crippen molar-refractivity contribution >= 4 is 22.6 Å². The zero-order chi connectivity index (χ0) is 23.3. The molecule has 2 aromatic heterocycles. The van der Waals surface area contributed by atoms with Crippen LogP contribution in [0.4, 0.5) is 5.82 Å². The Labute approximate surface area is 199 Å². The number of hydrogen-bond donors (Lipinski definition) is 2. The van der Waals surface area contributed by atoms with Gasteiger partial charge in [0, 0.05) is 42.3 Å². The van der Waals surface area contributed by atoms with E-state index in [1.165, 1.54) is 10.9 Å². The lowest BCUT2D eigenvalue weighted by Gasteiger charge is -2.32. The molecule has 0 radical (unpaired) electrons. The van der Waals surface area contributed by atoms with Crippen LogP contribution in [0.15, 0.2) is 66.9 Å². The molecule has 1 aliphatic rings. The molecule has 4 aromatic rings. The van der Waals surface area contributed by atoms with E-state index in [1.807, 2.05) is 54.7 Å². The van der Waals surface area contributed by atoms with Crippen molar-refractivity contribution in [1.82, 2.24) is 20.5 Å². The molecule has 34 heavy (non-hydrogen) atoms. The van der Waals surface area contributed by atoms with Crippen molar-refractivity contribution in [2.75, 3.05) is 31.6 Å². The number of methoxy groups -OCH3 is 1. The molecule has 1 unspecified atom stereocenters. The van der Waals surface area contributed by atoms with E-state index in [0.29, 0.717) is 13.1 Å². The van der Waals surface area contributed by atoms with Crippen molar-refractivity contribution in [1.29, 1.82) is 0 Å². The normalized spacial score (nSPS) is 15.9. The first-order chi connectivity index (χ1) is 16.7. The van der Waals surface area contributed by atoms with E-state index in [2.05, 4.69) is 37.5 Å². The van der Waals surface area contributed by atoms with Gasteiger partial charge >= 0.3 is 0 Å². The van der Waals surface area contributed by atoms with Crippen molar-refractivity contribution in [2.45, 2.75) is 19.3 Å². The number of anilines is 1. The standard InChI is InChI=1S/C27H29N5O2/c1-34-22-10-8-19(9-11-22)24-12-13-26(31-30-24)32-16-4-5-21(18-32)27(33)28-15-14-20-17-29-25-7-3-2-6-23(20)25/h2-3,6-13,17,21,29H,4-5,14-16,18H2,1H3,(H,28,33). The summed E-state index contributed by atoms with van der Waals surface area (Å²) in [5.41, 5.74) is 4.17. The molecule has 1 aliphatic heterocycles. The van der Waals surface area contributed by atoms with Crippen molar-refractivity contribution in [3.05, 3.63) is 72.4 Å². The molecule has 1 amide bonds. The Hall–Kier alpha value is -3.87. The maximum absolute atomic E-state index is 12.9. The number of hydrogen-bond acceptors (Lipinski definition) is 5. The smallest absolute Gasteiger partial charge is 0.224 e. The summed E-state index contributed by atoms with van der Waals surface area (Å²) in [7, 11) is 1.65. The fourth-order valence-electron chi connectivity index (χ4n) is 4.61. The fourth-order valence-corrected chi connectivity index (χ4v) is 4.61. The lowest BCUT2D eigenvalue weighted by Crippen LogP contribution is -2.43. The highest BCUT2D eigenvalue weighted by molar-refractivity contribution is 5.83. The van der Waals surface area contributed by atoms with Gasteiger partial charge in [-0.15, -0.1) is 10.2 Å². The third-order valence-corrected chi connectivity index (χ3v) is 6.52. The molecule has 0 saturated carbocycles. The Morgan fingerprint density at radius 1 is 1.12 bits per heavy atom. The topological polar surface area (TPSA) is 83.1 Å². The van der Waals surface area contributed by atoms with Gasteiger partial charge < -0.3 is 19.9 Å². The van der Waals surface area contributed by atoms with Gasteiger partial charge in [0.1, 0.15) is 5.75 Å². The second-order valence-electron chi connectivity index (χ2n) is 8.69. The highest BCUT2D eigenvalue weighted by Gasteiger charge is 2.26. The Bertz CT molecular complexity index is 1250. The highest BCUT2D eigenvalue weighted by atomic mass is 16.5. The van der Waals surface area contributed by atoms with Crippen LogP contribution < -0.4 is 15.0 Å². The van der Waals surface area contributed by atoms with Crippen molar-refractivity contribution in [3.63, 3.8) is 0 Å². The second-order valence-corrected chi connectivity index (χ2v) is 8.69. The average molecular weight is 456 g/mol. The number of amides is 1. The molecule has 1 atom stereocenters. The average Bonchev–Trinajstić information content (AvgIpc) is 3.32. The van der Waals surface area contributed by atoms with E-state index in [4.69, 9.17) is 4.74 Å². The highest BCUT2D eigenvalue weighted by Crippen LogP contribution is 2.25. The van der Waals surface area contributed by atoms with Crippen LogP contribution in [0.5, 0.6) is 5.75 Å². The summed E-state index contributed by atoms with van der Waals surface area (Å²) in [6.07, 6.45) is 4.70. The molecule has 0 aliphatic carbocycles. The lowest BCUT2D eigenvalue weighted by atomic mass is 9.97. The predicted octanol–water partition coefficient (Wildman–Crippen LogP) is 4.21. The van der Waals surface area contributed by atoms with Crippen LogP contribution in [-0.2, 0) is 11.2 Å². The van der Waals surface area contributed by atoms with Crippen LogP contribution >= 0.6 is 0 Å². The largest absolute Gasteiger partial charge is 0.497 e. The van der Waals surface area contributed by atoms with E-state index in [9.17, 15) is 4.79 Å². The number of H-pyrrole nitrogens is 1. The Morgan fingerprint density at radius 2 is 1.97 bits per heavy atom. The number of nitrogens with one attached hydrogen (secondary N) is 2. The minimum Gasteiger partial charge on any atom is -0.497 e. The van der Waals surface area contributed by atoms with Gasteiger partial charge in [0.15, 0.2) is 5.82 Å². The van der Waals surface area contributed by atoms with Crippen LogP contribution in [0.2, 0.25) is 0 Å². The first-order valence-corrected chi connectivity index (χ1v) is 11.8. The van der Waals surface area contributed by atoms with Gasteiger partial charge in [0.2, 0.25) is 5.91 Å². The number of para-hydroxylation sites is 1. The quantitative estimate of drug-likeness (QED) is 0.436. The molecule has 0 bridgehead atoms. The first-order valence-electron chi connectivity index (χ1n) is 11.8. The van der Waals surface area contributed by atoms with E-state index < -0.39 is 0 Å². The number of carbonyl (C=O) groups excluding carboxylic acids is 1. The summed E-state index contributed by atoms with van der Waals surface area (Å²) in [6, 6.07) is 20.0. The molecule has 3 heterocycles. The number of carbonyl (C=O) groups is 1. The molecular formula is C27H29N5O2. The Kier molecular flexibility index (Phi) is 6.42. The summed E-state index contributed by atoms with van der Waals surface area (Å²) in [6.45, 7) is 2.18. The van der Waals surface area contributed by atoms with E-state index in [1.54, 1.807) is 7.11 Å². The Balaban J connectivity index is 1.16. The number of rotatable bonds is 7. The summed E-state index contributed by atoms with van der Waals surface area (Å²) in [5, 5.41) is 13.2. The van der Waals surface area contributed by atoms with Gasteiger partial charge in [-0.2, -0.15) is 0 Å². The molecule has 0 spiro atoms. The van der Waals surface area contributed by atoms with Gasteiger partial charge in [-0.1, -0.05) is 18.2 Å². The summed E-state index contributed by atoms with van der Waals surface area (Å²) in [4.78, 5) is 18.3. The molecule has 2 N–H and O–H groups in total. The number of aromatic nitrogens is 3. The van der Waals surface area contributed by atoms with Gasteiger partial charge in [-0.25, -0.2) is 0 Å². The zero-order valence-corrected chi connectivity index (χ0v) is 19.3. The maximum Gasteiger partial charge on any atom is 0.224 e. The number of fused-ring (bicyclic) bond motifs is 1. The summed E-state index contributed by atoms with van der Waals surface area (Å²) < 4.78 is 5.22. The maximum atomic E-state index is 12.9. The number of aromatic amines is 1. The van der Waals surface area contributed by atoms with Crippen molar-refractivity contribution in [3.8, 4) is 17.0 Å². The van der Waals surface area contributed by atoms with Crippen LogP contribution in [0, 0.1) is 5.92 Å². The third-order valence-electron chi connectivity index (χ3n) is 6.52. The number of ether oxygens (including phenoxy) is 1. The Morgan fingerprint density at radius 3 is 2.76 bits per heavy atom. The van der Waals surface area contributed by atoms with Gasteiger partial charge in [-0.05, 0) is 67.3 Å². The van der Waals surface area contributed by atoms with E-state index in [-0.39, 0.29) is 11.8 Å². The van der Waals surface area contributed by atoms with Crippen LogP contribution in [0.25, 0.3) is 22.2 Å². The van der Waals surface area contributed by atoms with Gasteiger partial charge in [0.25, 0.3) is 0 Å². The molecule has 5 rings (SSSR count). The fraction of sp³-hybridized carbons (Fsp3) is 0.296. The molecule has 7 nitrogen and oxygen atoms in total. The lowest BCUT2D eigenvalue weighted by molar-refractivity contribution is -0.125. The van der Waals surface area contributed by atoms with Gasteiger partial charge in [0.05, 0.1) is 18.7 Å². The van der Waals surface area contributed by atoms with Crippen LogP contribution in [0.1, 0.15) is 18.4 Å². The van der Waals surface area contributed by atoms with Crippen molar-refractivity contribution in [2.24, 2.45) is 5.92 Å². The molecule has 1 saturated heterocycles. The molecule has 1 fully saturated rings. The number of benzene rings is 2. The summed E-state index contributed by atoms with van der Waals surface area (Å²) in [5.74, 6) is 1.70.